The lowest BCUT2D eigenvalue weighted by Crippen LogP contribution is -1.74. The average molecular weight is 128 g/mol. The normalized spacial score (nSPS) is 12.4. The predicted octanol–water partition coefficient (Wildman–Crippen LogP) is 2.72. The lowest BCUT2D eigenvalue weighted by molar-refractivity contribution is 0.562. The van der Waals surface area contributed by atoms with Crippen LogP contribution in [-0.4, -0.2) is 6.67 Å². The Balaban J connectivity index is 3.35. The highest BCUT2D eigenvalue weighted by Crippen LogP contribution is 1.92. The van der Waals surface area contributed by atoms with Crippen LogP contribution in [0.15, 0.2) is 24.3 Å². The number of alkyl halides is 1. The lowest BCUT2D eigenvalue weighted by atomic mass is 10.2. The van der Waals surface area contributed by atoms with E-state index in [9.17, 15) is 4.39 Å². The van der Waals surface area contributed by atoms with E-state index in [1.807, 2.05) is 12.2 Å². The number of allylic oxidation sites excluding steroid dienone is 4. The Kier molecular flexibility index (Phi) is 5.18. The Morgan fingerprint density at radius 2 is 2.00 bits per heavy atom. The van der Waals surface area contributed by atoms with Crippen molar-refractivity contribution in [3.05, 3.63) is 24.3 Å². The minimum atomic E-state index is -0.373. The predicted molar refractivity (Wildman–Crippen MR) is 39.1 cm³/mol. The molecule has 0 aromatic rings. The van der Waals surface area contributed by atoms with Gasteiger partial charge in [-0.3, -0.25) is 0 Å². The van der Waals surface area contributed by atoms with Crippen molar-refractivity contribution in [1.29, 1.82) is 0 Å². The molecule has 0 rings (SSSR count). The maximum atomic E-state index is 11.4. The molecule has 0 aliphatic heterocycles. The third-order valence-corrected chi connectivity index (χ3v) is 0.832. The maximum absolute atomic E-state index is 11.4. The van der Waals surface area contributed by atoms with Gasteiger partial charge >= 0.3 is 0 Å². The van der Waals surface area contributed by atoms with Crippen molar-refractivity contribution in [2.45, 2.75) is 13.8 Å². The number of hydrogen-bond donors (Lipinski definition) is 0. The fraction of sp³-hybridized carbons (Fsp3) is 0.500. The molecule has 0 atom stereocenters. The van der Waals surface area contributed by atoms with Crippen molar-refractivity contribution in [1.82, 2.24) is 0 Å². The van der Waals surface area contributed by atoms with E-state index in [1.165, 1.54) is 6.08 Å². The van der Waals surface area contributed by atoms with E-state index < -0.39 is 0 Å². The van der Waals surface area contributed by atoms with Crippen molar-refractivity contribution >= 4 is 0 Å². The van der Waals surface area contributed by atoms with Gasteiger partial charge in [-0.15, -0.1) is 0 Å². The van der Waals surface area contributed by atoms with E-state index in [2.05, 4.69) is 13.8 Å². The van der Waals surface area contributed by atoms with Crippen molar-refractivity contribution in [3.8, 4) is 0 Å². The van der Waals surface area contributed by atoms with Crippen LogP contribution in [0.5, 0.6) is 0 Å². The summed E-state index contributed by atoms with van der Waals surface area (Å²) < 4.78 is 11.4. The monoisotopic (exact) mass is 128 g/mol. The zero-order valence-corrected chi connectivity index (χ0v) is 5.97. The molecule has 0 N–H and O–H groups in total. The highest BCUT2D eigenvalue weighted by molar-refractivity contribution is 5.03. The highest BCUT2D eigenvalue weighted by Gasteiger charge is 1.78. The summed E-state index contributed by atoms with van der Waals surface area (Å²) in [4.78, 5) is 0. The molecule has 0 aromatic heterocycles. The molecule has 0 amide bonds. The summed E-state index contributed by atoms with van der Waals surface area (Å²) in [5, 5.41) is 0. The molecule has 0 aliphatic carbocycles. The first-order valence-electron chi connectivity index (χ1n) is 3.16. The van der Waals surface area contributed by atoms with Crippen LogP contribution in [0.2, 0.25) is 0 Å². The SMILES string of the molecule is CC(C)/C=C\C=C/CF. The summed E-state index contributed by atoms with van der Waals surface area (Å²) >= 11 is 0. The number of hydrogen-bond acceptors (Lipinski definition) is 0. The molecule has 0 unspecified atom stereocenters. The van der Waals surface area contributed by atoms with Gasteiger partial charge in [-0.1, -0.05) is 38.2 Å². The quantitative estimate of drug-likeness (QED) is 0.513. The average Bonchev–Trinajstić information content (AvgIpc) is 1.80. The van der Waals surface area contributed by atoms with Crippen LogP contribution in [0, 0.1) is 5.92 Å². The van der Waals surface area contributed by atoms with E-state index >= 15 is 0 Å². The fourth-order valence-corrected chi connectivity index (χ4v) is 0.416. The molecule has 0 radical (unpaired) electrons. The second kappa shape index (κ2) is 5.54. The van der Waals surface area contributed by atoms with Gasteiger partial charge in [0.2, 0.25) is 0 Å². The van der Waals surface area contributed by atoms with Gasteiger partial charge in [-0.25, -0.2) is 4.39 Å². The van der Waals surface area contributed by atoms with Crippen LogP contribution in [-0.2, 0) is 0 Å². The van der Waals surface area contributed by atoms with Crippen LogP contribution >= 0.6 is 0 Å². The van der Waals surface area contributed by atoms with E-state index in [1.54, 1.807) is 6.08 Å². The molecular weight excluding hydrogens is 115 g/mol. The summed E-state index contributed by atoms with van der Waals surface area (Å²) in [5.74, 6) is 0.550. The molecule has 0 fully saturated rings. The van der Waals surface area contributed by atoms with Crippen LogP contribution in [0.4, 0.5) is 4.39 Å². The minimum Gasteiger partial charge on any atom is -0.247 e. The molecule has 9 heavy (non-hydrogen) atoms. The summed E-state index contributed by atoms with van der Waals surface area (Å²) in [6.07, 6.45) is 7.09. The second-order valence-corrected chi connectivity index (χ2v) is 2.21. The van der Waals surface area contributed by atoms with Crippen molar-refractivity contribution < 1.29 is 4.39 Å². The van der Waals surface area contributed by atoms with Gasteiger partial charge in [-0.2, -0.15) is 0 Å². The van der Waals surface area contributed by atoms with Crippen molar-refractivity contribution in [2.24, 2.45) is 5.92 Å². The smallest absolute Gasteiger partial charge is 0.108 e. The summed E-state index contributed by atoms with van der Waals surface area (Å²) in [7, 11) is 0. The van der Waals surface area contributed by atoms with E-state index in [0.717, 1.165) is 0 Å². The van der Waals surface area contributed by atoms with E-state index in [-0.39, 0.29) is 6.67 Å². The van der Waals surface area contributed by atoms with Gasteiger partial charge in [0.1, 0.15) is 6.67 Å². The first-order valence-corrected chi connectivity index (χ1v) is 3.16. The van der Waals surface area contributed by atoms with Gasteiger partial charge in [0.25, 0.3) is 0 Å². The molecule has 0 heterocycles. The van der Waals surface area contributed by atoms with Crippen molar-refractivity contribution in [3.63, 3.8) is 0 Å². The molecule has 0 saturated carbocycles. The Morgan fingerprint density at radius 1 is 1.33 bits per heavy atom. The van der Waals surface area contributed by atoms with Gasteiger partial charge in [-0.05, 0) is 5.92 Å². The van der Waals surface area contributed by atoms with Crippen molar-refractivity contribution in [2.75, 3.05) is 6.67 Å². The molecule has 1 heteroatoms. The topological polar surface area (TPSA) is 0 Å². The second-order valence-electron chi connectivity index (χ2n) is 2.21. The number of rotatable bonds is 3. The van der Waals surface area contributed by atoms with Gasteiger partial charge in [0, 0.05) is 0 Å². The van der Waals surface area contributed by atoms with Crippen LogP contribution < -0.4 is 0 Å². The number of halogens is 1. The first kappa shape index (κ1) is 8.41. The van der Waals surface area contributed by atoms with Crippen LogP contribution in [0.1, 0.15) is 13.8 Å². The van der Waals surface area contributed by atoms with Crippen LogP contribution in [0.3, 0.4) is 0 Å². The first-order chi connectivity index (χ1) is 4.27. The Bertz CT molecular complexity index is 101. The van der Waals surface area contributed by atoms with Crippen LogP contribution in [0.25, 0.3) is 0 Å². The molecule has 0 nitrogen and oxygen atoms in total. The maximum Gasteiger partial charge on any atom is 0.108 e. The van der Waals surface area contributed by atoms with Gasteiger partial charge in [0.15, 0.2) is 0 Å². The van der Waals surface area contributed by atoms with Gasteiger partial charge in [0.05, 0.1) is 0 Å². The standard InChI is InChI=1S/C8H13F/c1-8(2)6-4-3-5-7-9/h3-6,8H,7H2,1-2H3/b5-3-,6-4-. The summed E-state index contributed by atoms with van der Waals surface area (Å²) in [6.45, 7) is 3.79. The molecule has 0 saturated heterocycles. The zero-order valence-electron chi connectivity index (χ0n) is 5.97. The van der Waals surface area contributed by atoms with Gasteiger partial charge < -0.3 is 0 Å². The molecule has 0 spiro atoms. The third kappa shape index (κ3) is 7.41. The fourth-order valence-electron chi connectivity index (χ4n) is 0.416. The molecule has 52 valence electrons. The molecule has 0 aromatic carbocycles. The Morgan fingerprint density at radius 3 is 2.44 bits per heavy atom. The molecule has 0 bridgehead atoms. The minimum absolute atomic E-state index is 0.373. The highest BCUT2D eigenvalue weighted by atomic mass is 19.1. The van der Waals surface area contributed by atoms with E-state index in [4.69, 9.17) is 0 Å². The lowest BCUT2D eigenvalue weighted by Gasteiger charge is -1.88. The van der Waals surface area contributed by atoms with E-state index in [0.29, 0.717) is 5.92 Å². The summed E-state index contributed by atoms with van der Waals surface area (Å²) in [6, 6.07) is 0. The third-order valence-electron chi connectivity index (χ3n) is 0.832. The molecular formula is C8H13F. The molecule has 0 aliphatic rings. The largest absolute Gasteiger partial charge is 0.247 e. The Labute approximate surface area is 56.1 Å². The Hall–Kier alpha value is -0.590. The summed E-state index contributed by atoms with van der Waals surface area (Å²) in [5.41, 5.74) is 0. The zero-order chi connectivity index (χ0) is 7.11.